The van der Waals surface area contributed by atoms with Gasteiger partial charge in [0.2, 0.25) is 0 Å². The average Bonchev–Trinajstić information content (AvgIpc) is 2.65. The quantitative estimate of drug-likeness (QED) is 0.649. The Kier molecular flexibility index (Phi) is 2.97. The summed E-state index contributed by atoms with van der Waals surface area (Å²) in [6.45, 7) is 5.13. The largest absolute Gasteiger partial charge is 0.300 e. The molecule has 2 unspecified atom stereocenters. The summed E-state index contributed by atoms with van der Waals surface area (Å²) in [7, 11) is 0. The highest BCUT2D eigenvalue weighted by Crippen LogP contribution is 2.26. The van der Waals surface area contributed by atoms with Gasteiger partial charge >= 0.3 is 0 Å². The van der Waals surface area contributed by atoms with Crippen molar-refractivity contribution in [1.82, 2.24) is 4.90 Å². The minimum absolute atomic E-state index is 0.871. The van der Waals surface area contributed by atoms with Gasteiger partial charge < -0.3 is 4.90 Å². The van der Waals surface area contributed by atoms with E-state index in [1.165, 1.54) is 43.9 Å². The lowest BCUT2D eigenvalue weighted by Crippen LogP contribution is -2.32. The van der Waals surface area contributed by atoms with Gasteiger partial charge in [-0.3, -0.25) is 0 Å². The van der Waals surface area contributed by atoms with Gasteiger partial charge in [0, 0.05) is 12.6 Å². The number of thioether (sulfide) groups is 1. The van der Waals surface area contributed by atoms with Crippen molar-refractivity contribution in [2.45, 2.75) is 32.2 Å². The first-order valence-electron chi connectivity index (χ1n) is 5.18. The van der Waals surface area contributed by atoms with E-state index in [4.69, 9.17) is 0 Å². The molecule has 2 saturated heterocycles. The zero-order valence-electron chi connectivity index (χ0n) is 7.96. The fraction of sp³-hybridized carbons (Fsp3) is 1.00. The molecule has 0 aliphatic carbocycles. The molecule has 0 amide bonds. The van der Waals surface area contributed by atoms with Crippen molar-refractivity contribution in [1.29, 1.82) is 0 Å². The van der Waals surface area contributed by atoms with Crippen molar-refractivity contribution in [3.05, 3.63) is 0 Å². The summed E-state index contributed by atoms with van der Waals surface area (Å²) in [5.41, 5.74) is 0. The lowest BCUT2D eigenvalue weighted by molar-refractivity contribution is 0.234. The number of likely N-dealkylation sites (tertiary alicyclic amines) is 1. The van der Waals surface area contributed by atoms with E-state index in [1.807, 2.05) is 0 Å². The summed E-state index contributed by atoms with van der Waals surface area (Å²) in [6.07, 6.45) is 4.33. The van der Waals surface area contributed by atoms with Crippen LogP contribution < -0.4 is 0 Å². The number of hydrogen-bond acceptors (Lipinski definition) is 2. The number of nitrogens with zero attached hydrogens (tertiary/aromatic N) is 1. The molecular weight excluding hydrogens is 166 g/mol. The molecule has 1 nitrogen and oxygen atoms in total. The third-order valence-corrected chi connectivity index (χ3v) is 4.44. The number of rotatable bonds is 2. The van der Waals surface area contributed by atoms with Crippen LogP contribution in [-0.2, 0) is 0 Å². The van der Waals surface area contributed by atoms with E-state index in [2.05, 4.69) is 23.6 Å². The highest BCUT2D eigenvalue weighted by atomic mass is 32.2. The van der Waals surface area contributed by atoms with Gasteiger partial charge in [-0.15, -0.1) is 0 Å². The van der Waals surface area contributed by atoms with Crippen molar-refractivity contribution in [3.8, 4) is 0 Å². The molecule has 2 atom stereocenters. The second kappa shape index (κ2) is 4.01. The zero-order chi connectivity index (χ0) is 8.39. The van der Waals surface area contributed by atoms with Gasteiger partial charge in [0.15, 0.2) is 0 Å². The van der Waals surface area contributed by atoms with E-state index >= 15 is 0 Å². The minimum Gasteiger partial charge on any atom is -0.300 e. The maximum absolute atomic E-state index is 2.69. The molecule has 0 bridgehead atoms. The van der Waals surface area contributed by atoms with Crippen molar-refractivity contribution in [3.63, 3.8) is 0 Å². The summed E-state index contributed by atoms with van der Waals surface area (Å²) in [4.78, 5) is 2.69. The molecule has 0 N–H and O–H groups in total. The van der Waals surface area contributed by atoms with Gasteiger partial charge in [-0.05, 0) is 50.2 Å². The molecule has 0 saturated carbocycles. The predicted molar refractivity (Wildman–Crippen MR) is 55.7 cm³/mol. The normalized spacial score (nSPS) is 37.8. The molecule has 70 valence electrons. The average molecular weight is 185 g/mol. The third-order valence-electron chi connectivity index (χ3n) is 3.21. The van der Waals surface area contributed by atoms with Crippen molar-refractivity contribution in [2.24, 2.45) is 5.92 Å². The fourth-order valence-corrected chi connectivity index (χ4v) is 3.60. The summed E-state index contributed by atoms with van der Waals surface area (Å²) in [5.74, 6) is 3.84. The molecule has 2 rings (SSSR count). The Labute approximate surface area is 79.9 Å². The molecule has 12 heavy (non-hydrogen) atoms. The SMILES string of the molecule is CC1CCCN1CC1CCSC1. The number of hydrogen-bond donors (Lipinski definition) is 0. The van der Waals surface area contributed by atoms with E-state index < -0.39 is 0 Å². The molecule has 0 spiro atoms. The van der Waals surface area contributed by atoms with Crippen LogP contribution in [0.25, 0.3) is 0 Å². The maximum atomic E-state index is 2.69. The Morgan fingerprint density at radius 2 is 2.33 bits per heavy atom. The zero-order valence-corrected chi connectivity index (χ0v) is 8.78. The van der Waals surface area contributed by atoms with Gasteiger partial charge in [0.1, 0.15) is 0 Å². The van der Waals surface area contributed by atoms with Gasteiger partial charge in [-0.1, -0.05) is 0 Å². The van der Waals surface area contributed by atoms with E-state index in [-0.39, 0.29) is 0 Å². The maximum Gasteiger partial charge on any atom is 0.00675 e. The molecule has 2 heteroatoms. The highest BCUT2D eigenvalue weighted by molar-refractivity contribution is 7.99. The van der Waals surface area contributed by atoms with Crippen molar-refractivity contribution >= 4 is 11.8 Å². The van der Waals surface area contributed by atoms with E-state index in [0.717, 1.165) is 12.0 Å². The Hall–Kier alpha value is 0.310. The van der Waals surface area contributed by atoms with Gasteiger partial charge in [-0.25, -0.2) is 0 Å². The van der Waals surface area contributed by atoms with Crippen LogP contribution in [0.2, 0.25) is 0 Å². The Morgan fingerprint density at radius 3 is 2.92 bits per heavy atom. The topological polar surface area (TPSA) is 3.24 Å². The van der Waals surface area contributed by atoms with Crippen LogP contribution >= 0.6 is 11.8 Å². The van der Waals surface area contributed by atoms with Crippen LogP contribution in [0.1, 0.15) is 26.2 Å². The Bertz CT molecular complexity index is 143. The predicted octanol–water partition coefficient (Wildman–Crippen LogP) is 2.22. The first kappa shape index (κ1) is 8.89. The molecule has 2 aliphatic heterocycles. The molecule has 0 radical (unpaired) electrons. The molecule has 2 fully saturated rings. The molecule has 0 aromatic heterocycles. The Balaban J connectivity index is 1.77. The summed E-state index contributed by atoms with van der Waals surface area (Å²) >= 11 is 2.14. The molecule has 2 heterocycles. The fourth-order valence-electron chi connectivity index (χ4n) is 2.32. The standard InChI is InChI=1S/C10H19NS/c1-9-3-2-5-11(9)7-10-4-6-12-8-10/h9-10H,2-8H2,1H3. The second-order valence-corrected chi connectivity index (χ2v) is 5.37. The summed E-state index contributed by atoms with van der Waals surface area (Å²) < 4.78 is 0. The smallest absolute Gasteiger partial charge is 0.00675 e. The molecule has 0 aromatic rings. The van der Waals surface area contributed by atoms with Gasteiger partial charge in [0.05, 0.1) is 0 Å². The van der Waals surface area contributed by atoms with Crippen LogP contribution in [0, 0.1) is 5.92 Å². The van der Waals surface area contributed by atoms with E-state index in [0.29, 0.717) is 0 Å². The first-order chi connectivity index (χ1) is 5.86. The second-order valence-electron chi connectivity index (χ2n) is 4.22. The lowest BCUT2D eigenvalue weighted by Gasteiger charge is -2.23. The van der Waals surface area contributed by atoms with E-state index in [9.17, 15) is 0 Å². The van der Waals surface area contributed by atoms with Crippen molar-refractivity contribution in [2.75, 3.05) is 24.6 Å². The summed E-state index contributed by atoms with van der Waals surface area (Å²) in [6, 6.07) is 0.871. The minimum atomic E-state index is 0.871. The van der Waals surface area contributed by atoms with E-state index in [1.54, 1.807) is 0 Å². The van der Waals surface area contributed by atoms with Crippen LogP contribution in [0.15, 0.2) is 0 Å². The molecule has 2 aliphatic rings. The molecular formula is C10H19NS. The highest BCUT2D eigenvalue weighted by Gasteiger charge is 2.24. The monoisotopic (exact) mass is 185 g/mol. The van der Waals surface area contributed by atoms with Gasteiger partial charge in [-0.2, -0.15) is 11.8 Å². The van der Waals surface area contributed by atoms with Crippen LogP contribution in [0.4, 0.5) is 0 Å². The Morgan fingerprint density at radius 1 is 1.42 bits per heavy atom. The van der Waals surface area contributed by atoms with Crippen LogP contribution in [0.3, 0.4) is 0 Å². The summed E-state index contributed by atoms with van der Waals surface area (Å²) in [5, 5.41) is 0. The first-order valence-corrected chi connectivity index (χ1v) is 6.33. The van der Waals surface area contributed by atoms with Gasteiger partial charge in [0.25, 0.3) is 0 Å². The third kappa shape index (κ3) is 1.97. The van der Waals surface area contributed by atoms with Crippen LogP contribution in [-0.4, -0.2) is 35.5 Å². The molecule has 0 aromatic carbocycles. The van der Waals surface area contributed by atoms with Crippen LogP contribution in [0.5, 0.6) is 0 Å². The van der Waals surface area contributed by atoms with Crippen molar-refractivity contribution < 1.29 is 0 Å². The lowest BCUT2D eigenvalue weighted by atomic mass is 10.1.